The molecule has 0 spiro atoms. The molecule has 6 nitrogen and oxygen atoms in total. The van der Waals surface area contributed by atoms with Gasteiger partial charge in [-0.1, -0.05) is 42.0 Å². The number of hydrogen-bond acceptors (Lipinski definition) is 5. The summed E-state index contributed by atoms with van der Waals surface area (Å²) >= 11 is 0. The van der Waals surface area contributed by atoms with Gasteiger partial charge in [0.25, 0.3) is 0 Å². The third-order valence-corrected chi connectivity index (χ3v) is 3.37. The van der Waals surface area contributed by atoms with Gasteiger partial charge in [-0.15, -0.1) is 0 Å². The van der Waals surface area contributed by atoms with Gasteiger partial charge in [-0.3, -0.25) is 0 Å². The van der Waals surface area contributed by atoms with Crippen molar-refractivity contribution in [2.75, 3.05) is 6.61 Å². The van der Waals surface area contributed by atoms with Crippen molar-refractivity contribution >= 4 is 11.2 Å². The topological polar surface area (TPSA) is 101 Å². The maximum Gasteiger partial charge on any atom is 0.181 e. The lowest BCUT2D eigenvalue weighted by Crippen LogP contribution is -2.12. The van der Waals surface area contributed by atoms with Crippen molar-refractivity contribution in [1.29, 1.82) is 0 Å². The summed E-state index contributed by atoms with van der Waals surface area (Å²) in [6.45, 7) is 1.79. The summed E-state index contributed by atoms with van der Waals surface area (Å²) in [6, 6.07) is 9.25. The Labute approximate surface area is 127 Å². The largest absolute Gasteiger partial charge is 0.392 e. The predicted octanol–water partition coefficient (Wildman–Crippen LogP) is 1.96. The number of nitrogens with two attached hydrogens (primary N) is 1. The van der Waals surface area contributed by atoms with Gasteiger partial charge >= 0.3 is 0 Å². The van der Waals surface area contributed by atoms with Crippen molar-refractivity contribution in [3.8, 4) is 11.4 Å². The molecule has 0 radical (unpaired) electrons. The quantitative estimate of drug-likeness (QED) is 0.639. The van der Waals surface area contributed by atoms with Gasteiger partial charge < -0.3 is 15.8 Å². The van der Waals surface area contributed by atoms with Crippen LogP contribution in [-0.2, 0) is 0 Å². The molecule has 22 heavy (non-hydrogen) atoms. The molecule has 3 aromatic rings. The Morgan fingerprint density at radius 2 is 2.09 bits per heavy atom. The molecule has 4 N–H and O–H groups in total. The van der Waals surface area contributed by atoms with Crippen LogP contribution in [0, 0.1) is 0 Å². The number of aliphatic hydroxyl groups is 1. The molecule has 0 aliphatic carbocycles. The Hall–Kier alpha value is -2.57. The minimum Gasteiger partial charge on any atom is -0.392 e. The van der Waals surface area contributed by atoms with Crippen molar-refractivity contribution in [2.45, 2.75) is 13.0 Å². The molecule has 1 aromatic carbocycles. The maximum atomic E-state index is 9.16. The summed E-state index contributed by atoms with van der Waals surface area (Å²) < 4.78 is 0. The lowest BCUT2D eigenvalue weighted by molar-refractivity contribution is 0.330. The lowest BCUT2D eigenvalue weighted by Gasteiger charge is -2.10. The van der Waals surface area contributed by atoms with Crippen LogP contribution in [0.15, 0.2) is 48.3 Å². The molecular weight excluding hydrogens is 278 g/mol. The fourth-order valence-electron chi connectivity index (χ4n) is 2.25. The first-order valence-electron chi connectivity index (χ1n) is 6.99. The van der Waals surface area contributed by atoms with E-state index in [-0.39, 0.29) is 6.61 Å². The van der Waals surface area contributed by atoms with Crippen molar-refractivity contribution in [1.82, 2.24) is 19.9 Å². The molecule has 0 fully saturated rings. The number of H-pyrrole nitrogens is 1. The Bertz CT molecular complexity index is 810. The van der Waals surface area contributed by atoms with Gasteiger partial charge in [0, 0.05) is 5.56 Å². The first kappa shape index (κ1) is 14.4. The minimum absolute atomic E-state index is 0.0313. The first-order valence-corrected chi connectivity index (χ1v) is 6.99. The fourth-order valence-corrected chi connectivity index (χ4v) is 2.25. The minimum atomic E-state index is -0.444. The Kier molecular flexibility index (Phi) is 3.95. The first-order chi connectivity index (χ1) is 10.7. The SMILES string of the molecule is CC(=CC(N)c1nc(-c2ccccc2)nc2nc[nH]c12)CO. The number of imidazole rings is 1. The second-order valence-corrected chi connectivity index (χ2v) is 5.10. The molecule has 1 unspecified atom stereocenters. The summed E-state index contributed by atoms with van der Waals surface area (Å²) in [5.74, 6) is 0.584. The zero-order chi connectivity index (χ0) is 15.5. The monoisotopic (exact) mass is 295 g/mol. The van der Waals surface area contributed by atoms with Crippen LogP contribution >= 0.6 is 0 Å². The van der Waals surface area contributed by atoms with Crippen molar-refractivity contribution in [2.24, 2.45) is 5.73 Å². The molecule has 0 saturated heterocycles. The second-order valence-electron chi connectivity index (χ2n) is 5.10. The Balaban J connectivity index is 2.14. The van der Waals surface area contributed by atoms with Crippen LogP contribution in [0.25, 0.3) is 22.6 Å². The number of aromatic nitrogens is 4. The van der Waals surface area contributed by atoms with Gasteiger partial charge in [-0.05, 0) is 6.92 Å². The van der Waals surface area contributed by atoms with E-state index in [0.717, 1.165) is 11.1 Å². The molecule has 112 valence electrons. The highest BCUT2D eigenvalue weighted by molar-refractivity contribution is 5.76. The number of nitrogens with one attached hydrogen (secondary N) is 1. The summed E-state index contributed by atoms with van der Waals surface area (Å²) in [5, 5.41) is 9.16. The van der Waals surface area contributed by atoms with E-state index >= 15 is 0 Å². The summed E-state index contributed by atoms with van der Waals surface area (Å²) in [4.78, 5) is 16.3. The van der Waals surface area contributed by atoms with E-state index in [4.69, 9.17) is 10.8 Å². The van der Waals surface area contributed by atoms with E-state index in [1.165, 1.54) is 0 Å². The molecule has 2 aromatic heterocycles. The zero-order valence-electron chi connectivity index (χ0n) is 12.2. The van der Waals surface area contributed by atoms with Crippen LogP contribution in [-0.4, -0.2) is 31.6 Å². The van der Waals surface area contributed by atoms with Crippen molar-refractivity contribution in [3.63, 3.8) is 0 Å². The van der Waals surface area contributed by atoms with Gasteiger partial charge in [0.15, 0.2) is 11.5 Å². The number of benzene rings is 1. The average molecular weight is 295 g/mol. The van der Waals surface area contributed by atoms with Crippen molar-refractivity contribution in [3.05, 3.63) is 54.0 Å². The number of rotatable bonds is 4. The second kappa shape index (κ2) is 6.05. The Morgan fingerprint density at radius 3 is 2.82 bits per heavy atom. The number of aromatic amines is 1. The van der Waals surface area contributed by atoms with Gasteiger partial charge in [0.05, 0.1) is 24.7 Å². The third-order valence-electron chi connectivity index (χ3n) is 3.37. The number of nitrogens with zero attached hydrogens (tertiary/aromatic N) is 3. The average Bonchev–Trinajstić information content (AvgIpc) is 3.03. The highest BCUT2D eigenvalue weighted by Gasteiger charge is 2.15. The number of aliphatic hydroxyl groups excluding tert-OH is 1. The van der Waals surface area contributed by atoms with Crippen LogP contribution in [0.1, 0.15) is 18.7 Å². The van der Waals surface area contributed by atoms with Gasteiger partial charge in [0.1, 0.15) is 5.52 Å². The molecular formula is C16H17N5O. The van der Waals surface area contributed by atoms with E-state index in [1.54, 1.807) is 12.4 Å². The van der Waals surface area contributed by atoms with Crippen molar-refractivity contribution < 1.29 is 5.11 Å². The maximum absolute atomic E-state index is 9.16. The number of hydrogen-bond donors (Lipinski definition) is 3. The summed E-state index contributed by atoms with van der Waals surface area (Å²) in [5.41, 5.74) is 9.87. The molecule has 1 atom stereocenters. The highest BCUT2D eigenvalue weighted by atomic mass is 16.3. The van der Waals surface area contributed by atoms with Gasteiger partial charge in [-0.25, -0.2) is 15.0 Å². The molecule has 2 heterocycles. The standard InChI is InChI=1S/C16H17N5O/c1-10(8-22)7-12(17)13-14-16(19-9-18-14)21-15(20-13)11-5-3-2-4-6-11/h2-7,9,12,22H,8,17H2,1H3,(H,18,19,20,21). The highest BCUT2D eigenvalue weighted by Crippen LogP contribution is 2.23. The summed E-state index contributed by atoms with van der Waals surface area (Å²) in [7, 11) is 0. The van der Waals surface area contributed by atoms with E-state index in [1.807, 2.05) is 37.3 Å². The predicted molar refractivity (Wildman–Crippen MR) is 84.9 cm³/mol. The fraction of sp³-hybridized carbons (Fsp3) is 0.188. The van der Waals surface area contributed by atoms with E-state index in [2.05, 4.69) is 19.9 Å². The molecule has 0 saturated carbocycles. The van der Waals surface area contributed by atoms with E-state index < -0.39 is 6.04 Å². The Morgan fingerprint density at radius 1 is 1.32 bits per heavy atom. The van der Waals surface area contributed by atoms with E-state index in [9.17, 15) is 0 Å². The van der Waals surface area contributed by atoms with Crippen LogP contribution in [0.2, 0.25) is 0 Å². The normalized spacial score (nSPS) is 13.5. The summed E-state index contributed by atoms with van der Waals surface area (Å²) in [6.07, 6.45) is 3.37. The molecule has 0 aliphatic rings. The third kappa shape index (κ3) is 2.74. The molecule has 0 aliphatic heterocycles. The molecule has 0 amide bonds. The van der Waals surface area contributed by atoms with Gasteiger partial charge in [-0.2, -0.15) is 0 Å². The van der Waals surface area contributed by atoms with Crippen LogP contribution in [0.4, 0.5) is 0 Å². The van der Waals surface area contributed by atoms with E-state index in [0.29, 0.717) is 22.7 Å². The number of fused-ring (bicyclic) bond motifs is 1. The van der Waals surface area contributed by atoms with Crippen LogP contribution < -0.4 is 5.73 Å². The molecule has 6 heteroatoms. The van der Waals surface area contributed by atoms with Crippen LogP contribution in [0.3, 0.4) is 0 Å². The molecule has 3 rings (SSSR count). The lowest BCUT2D eigenvalue weighted by atomic mass is 10.1. The van der Waals surface area contributed by atoms with Crippen LogP contribution in [0.5, 0.6) is 0 Å². The van der Waals surface area contributed by atoms with Gasteiger partial charge in [0.2, 0.25) is 0 Å². The zero-order valence-corrected chi connectivity index (χ0v) is 12.2. The molecule has 0 bridgehead atoms. The smallest absolute Gasteiger partial charge is 0.181 e.